The summed E-state index contributed by atoms with van der Waals surface area (Å²) in [5.74, 6) is 1.13. The van der Waals surface area contributed by atoms with Crippen LogP contribution in [0.5, 0.6) is 5.75 Å². The fourth-order valence-electron chi connectivity index (χ4n) is 5.09. The van der Waals surface area contributed by atoms with E-state index in [0.29, 0.717) is 0 Å². The predicted molar refractivity (Wildman–Crippen MR) is 109 cm³/mol. The van der Waals surface area contributed by atoms with Gasteiger partial charge < -0.3 is 9.64 Å². The van der Waals surface area contributed by atoms with E-state index < -0.39 is 0 Å². The van der Waals surface area contributed by atoms with Crippen LogP contribution < -0.4 is 4.74 Å². The van der Waals surface area contributed by atoms with Crippen molar-refractivity contribution >= 4 is 0 Å². The van der Waals surface area contributed by atoms with Crippen LogP contribution in [0.1, 0.15) is 42.0 Å². The van der Waals surface area contributed by atoms with Crippen LogP contribution in [-0.4, -0.2) is 41.6 Å². The maximum absolute atomic E-state index is 6.48. The van der Waals surface area contributed by atoms with Gasteiger partial charge in [-0.15, -0.1) is 0 Å². The van der Waals surface area contributed by atoms with Gasteiger partial charge in [-0.05, 0) is 41.3 Å². The number of ether oxygens (including phenoxy) is 1. The van der Waals surface area contributed by atoms with Crippen molar-refractivity contribution < 1.29 is 4.74 Å². The van der Waals surface area contributed by atoms with Crippen LogP contribution in [0.3, 0.4) is 0 Å². The van der Waals surface area contributed by atoms with E-state index in [1.807, 2.05) is 0 Å². The van der Waals surface area contributed by atoms with Gasteiger partial charge in [-0.25, -0.2) is 0 Å². The molecule has 0 N–H and O–H groups in total. The van der Waals surface area contributed by atoms with Crippen molar-refractivity contribution in [3.63, 3.8) is 0 Å². The minimum absolute atomic E-state index is 0.0662. The molecule has 2 aromatic carbocycles. The van der Waals surface area contributed by atoms with Crippen molar-refractivity contribution in [3.8, 4) is 5.75 Å². The maximum atomic E-state index is 6.48. The summed E-state index contributed by atoms with van der Waals surface area (Å²) in [6.45, 7) is 9.02. The molecule has 0 unspecified atom stereocenters. The van der Waals surface area contributed by atoms with E-state index in [0.717, 1.165) is 51.2 Å². The first-order valence-corrected chi connectivity index (χ1v) is 10.6. The molecule has 3 aliphatic rings. The Morgan fingerprint density at radius 2 is 1.74 bits per heavy atom. The molecule has 0 aliphatic carbocycles. The summed E-state index contributed by atoms with van der Waals surface area (Å²) >= 11 is 0. The fraction of sp³-hybridized carbons (Fsp3) is 0.500. The standard InChI is InChI=1S/C24H30N2O/c1-2-25-13-10-24(11-14-25)16-22-15-19(7-8-23(22)27-24)17-26-12-9-20-5-3-4-6-21(20)18-26/h3-8,15H,2,9-14,16-18H2,1H3. The molecule has 142 valence electrons. The van der Waals surface area contributed by atoms with Crippen molar-refractivity contribution in [1.29, 1.82) is 0 Å². The Kier molecular flexibility index (Phi) is 4.45. The Balaban J connectivity index is 1.26. The third-order valence-corrected chi connectivity index (χ3v) is 6.79. The summed E-state index contributed by atoms with van der Waals surface area (Å²) in [6.07, 6.45) is 4.58. The first kappa shape index (κ1) is 17.3. The van der Waals surface area contributed by atoms with Crippen LogP contribution in [0.4, 0.5) is 0 Å². The smallest absolute Gasteiger partial charge is 0.123 e. The van der Waals surface area contributed by atoms with E-state index >= 15 is 0 Å². The zero-order valence-electron chi connectivity index (χ0n) is 16.4. The van der Waals surface area contributed by atoms with E-state index in [-0.39, 0.29) is 5.60 Å². The minimum Gasteiger partial charge on any atom is -0.487 e. The fourth-order valence-corrected chi connectivity index (χ4v) is 5.09. The Bertz CT molecular complexity index is 823. The molecule has 0 aromatic heterocycles. The van der Waals surface area contributed by atoms with Crippen molar-refractivity contribution in [2.45, 2.75) is 51.3 Å². The molecular formula is C24H30N2O. The van der Waals surface area contributed by atoms with E-state index in [1.54, 1.807) is 0 Å². The van der Waals surface area contributed by atoms with Crippen LogP contribution in [0.2, 0.25) is 0 Å². The summed E-state index contributed by atoms with van der Waals surface area (Å²) in [6, 6.07) is 15.8. The van der Waals surface area contributed by atoms with Crippen LogP contribution in [0.25, 0.3) is 0 Å². The molecule has 0 saturated carbocycles. The summed E-state index contributed by atoms with van der Waals surface area (Å²) in [7, 11) is 0. The summed E-state index contributed by atoms with van der Waals surface area (Å²) in [4.78, 5) is 5.12. The van der Waals surface area contributed by atoms with Gasteiger partial charge in [0.15, 0.2) is 0 Å². The second kappa shape index (κ2) is 6.96. The molecule has 3 aliphatic heterocycles. The molecule has 1 spiro atoms. The number of rotatable bonds is 3. The average molecular weight is 363 g/mol. The molecule has 27 heavy (non-hydrogen) atoms. The van der Waals surface area contributed by atoms with E-state index in [2.05, 4.69) is 59.2 Å². The third kappa shape index (κ3) is 3.39. The molecule has 3 heteroatoms. The van der Waals surface area contributed by atoms with Crippen LogP contribution in [-0.2, 0) is 25.9 Å². The average Bonchev–Trinajstić information content (AvgIpc) is 3.05. The van der Waals surface area contributed by atoms with Gasteiger partial charge in [-0.2, -0.15) is 0 Å². The number of nitrogens with zero attached hydrogens (tertiary/aromatic N) is 2. The first-order chi connectivity index (χ1) is 13.2. The quantitative estimate of drug-likeness (QED) is 0.820. The molecule has 1 fully saturated rings. The first-order valence-electron chi connectivity index (χ1n) is 10.6. The van der Waals surface area contributed by atoms with Crippen LogP contribution in [0.15, 0.2) is 42.5 Å². The highest BCUT2D eigenvalue weighted by Crippen LogP contribution is 2.41. The van der Waals surface area contributed by atoms with Crippen LogP contribution in [0, 0.1) is 0 Å². The van der Waals surface area contributed by atoms with Gasteiger partial charge in [0.2, 0.25) is 0 Å². The van der Waals surface area contributed by atoms with Gasteiger partial charge in [-0.3, -0.25) is 4.90 Å². The Morgan fingerprint density at radius 1 is 0.926 bits per heavy atom. The molecule has 0 atom stereocenters. The molecule has 1 saturated heterocycles. The Morgan fingerprint density at radius 3 is 2.56 bits per heavy atom. The van der Waals surface area contributed by atoms with E-state index in [4.69, 9.17) is 4.74 Å². The van der Waals surface area contributed by atoms with Gasteiger partial charge in [0.25, 0.3) is 0 Å². The molecule has 3 nitrogen and oxygen atoms in total. The number of hydrogen-bond acceptors (Lipinski definition) is 3. The van der Waals surface area contributed by atoms with E-state index in [1.165, 1.54) is 41.8 Å². The van der Waals surface area contributed by atoms with Crippen molar-refractivity contribution in [3.05, 3.63) is 64.7 Å². The lowest BCUT2D eigenvalue weighted by Gasteiger charge is -2.38. The SMILES string of the molecule is CCN1CCC2(CC1)Cc1cc(CN3CCc4ccccc4C3)ccc1O2. The Hall–Kier alpha value is -1.84. The number of piperidine rings is 1. The highest BCUT2D eigenvalue weighted by Gasteiger charge is 2.41. The lowest BCUT2D eigenvalue weighted by Crippen LogP contribution is -2.47. The highest BCUT2D eigenvalue weighted by atomic mass is 16.5. The van der Waals surface area contributed by atoms with Crippen molar-refractivity contribution in [2.75, 3.05) is 26.2 Å². The maximum Gasteiger partial charge on any atom is 0.123 e. The third-order valence-electron chi connectivity index (χ3n) is 6.79. The highest BCUT2D eigenvalue weighted by molar-refractivity contribution is 5.42. The number of hydrogen-bond donors (Lipinski definition) is 0. The second-order valence-corrected chi connectivity index (χ2v) is 8.57. The molecule has 0 bridgehead atoms. The summed E-state index contributed by atoms with van der Waals surface area (Å²) in [5, 5.41) is 0. The molecule has 0 radical (unpaired) electrons. The van der Waals surface area contributed by atoms with Crippen LogP contribution >= 0.6 is 0 Å². The largest absolute Gasteiger partial charge is 0.487 e. The number of likely N-dealkylation sites (tertiary alicyclic amines) is 1. The predicted octanol–water partition coefficient (Wildman–Crippen LogP) is 4.03. The molecule has 3 heterocycles. The lowest BCUT2D eigenvalue weighted by molar-refractivity contribution is 0.0211. The number of fused-ring (bicyclic) bond motifs is 2. The molecule has 2 aromatic rings. The summed E-state index contributed by atoms with van der Waals surface area (Å²) in [5.41, 5.74) is 5.94. The Labute approximate surface area is 162 Å². The zero-order chi connectivity index (χ0) is 18.3. The lowest BCUT2D eigenvalue weighted by atomic mass is 9.87. The molecule has 5 rings (SSSR count). The van der Waals surface area contributed by atoms with Gasteiger partial charge in [-0.1, -0.05) is 43.3 Å². The van der Waals surface area contributed by atoms with Gasteiger partial charge in [0, 0.05) is 52.0 Å². The molecular weight excluding hydrogens is 332 g/mol. The van der Waals surface area contributed by atoms with Gasteiger partial charge in [0.1, 0.15) is 11.4 Å². The zero-order valence-corrected chi connectivity index (χ0v) is 16.4. The molecule has 0 amide bonds. The van der Waals surface area contributed by atoms with Crippen molar-refractivity contribution in [1.82, 2.24) is 9.80 Å². The van der Waals surface area contributed by atoms with Crippen molar-refractivity contribution in [2.24, 2.45) is 0 Å². The monoisotopic (exact) mass is 362 g/mol. The van der Waals surface area contributed by atoms with Gasteiger partial charge in [0.05, 0.1) is 0 Å². The van der Waals surface area contributed by atoms with Gasteiger partial charge >= 0.3 is 0 Å². The normalized spacial score (nSPS) is 21.7. The topological polar surface area (TPSA) is 15.7 Å². The van der Waals surface area contributed by atoms with E-state index in [9.17, 15) is 0 Å². The second-order valence-electron chi connectivity index (χ2n) is 8.57. The minimum atomic E-state index is 0.0662. The summed E-state index contributed by atoms with van der Waals surface area (Å²) < 4.78 is 6.48. The number of benzene rings is 2.